The first-order valence-electron chi connectivity index (χ1n) is 4.44. The van der Waals surface area contributed by atoms with Crippen molar-refractivity contribution in [3.8, 4) is 5.75 Å². The number of anilines is 2. The molecule has 0 saturated heterocycles. The van der Waals surface area contributed by atoms with Crippen molar-refractivity contribution in [3.05, 3.63) is 18.2 Å². The van der Waals surface area contributed by atoms with Gasteiger partial charge in [-0.1, -0.05) is 6.07 Å². The maximum atomic E-state index is 5.47. The van der Waals surface area contributed by atoms with Crippen LogP contribution < -0.4 is 15.4 Å². The van der Waals surface area contributed by atoms with Gasteiger partial charge in [0.25, 0.3) is 0 Å². The lowest BCUT2D eigenvalue weighted by molar-refractivity contribution is 0.342. The second-order valence-electron chi connectivity index (χ2n) is 2.61. The maximum absolute atomic E-state index is 5.47. The number of nitrogens with one attached hydrogen (secondary N) is 2. The molecular formula is C10H16N2O. The number of hydrogen-bond donors (Lipinski definition) is 2. The van der Waals surface area contributed by atoms with Crippen molar-refractivity contribution in [2.24, 2.45) is 0 Å². The van der Waals surface area contributed by atoms with E-state index >= 15 is 0 Å². The van der Waals surface area contributed by atoms with Crippen LogP contribution in [0.25, 0.3) is 0 Å². The molecule has 72 valence electrons. The molecular weight excluding hydrogens is 164 g/mol. The molecule has 0 fully saturated rings. The third-order valence-electron chi connectivity index (χ3n) is 1.85. The van der Waals surface area contributed by atoms with Crippen molar-refractivity contribution < 1.29 is 4.74 Å². The lowest BCUT2D eigenvalue weighted by Crippen LogP contribution is -2.01. The Morgan fingerprint density at radius 2 is 2.00 bits per heavy atom. The Bertz CT molecular complexity index is 274. The van der Waals surface area contributed by atoms with Gasteiger partial charge in [-0.3, -0.25) is 0 Å². The smallest absolute Gasteiger partial charge is 0.144 e. The molecule has 3 nitrogen and oxygen atoms in total. The summed E-state index contributed by atoms with van der Waals surface area (Å²) in [4.78, 5) is 0. The Labute approximate surface area is 79.1 Å². The first kappa shape index (κ1) is 9.71. The molecule has 0 spiro atoms. The summed E-state index contributed by atoms with van der Waals surface area (Å²) in [5.41, 5.74) is 2.06. The zero-order valence-electron chi connectivity index (χ0n) is 8.35. The Hall–Kier alpha value is -1.38. The molecule has 0 saturated carbocycles. The van der Waals surface area contributed by atoms with E-state index in [1.54, 1.807) is 0 Å². The van der Waals surface area contributed by atoms with Crippen LogP contribution in [-0.4, -0.2) is 20.7 Å². The van der Waals surface area contributed by atoms with Gasteiger partial charge in [-0.15, -0.1) is 0 Å². The minimum absolute atomic E-state index is 0.682. The van der Waals surface area contributed by atoms with Crippen LogP contribution in [0.3, 0.4) is 0 Å². The average molecular weight is 180 g/mol. The summed E-state index contributed by atoms with van der Waals surface area (Å²) >= 11 is 0. The predicted octanol–water partition coefficient (Wildman–Crippen LogP) is 2.17. The van der Waals surface area contributed by atoms with Crippen molar-refractivity contribution in [1.82, 2.24) is 0 Å². The molecule has 0 radical (unpaired) electrons. The second-order valence-corrected chi connectivity index (χ2v) is 2.61. The van der Waals surface area contributed by atoms with E-state index in [0.717, 1.165) is 17.1 Å². The lowest BCUT2D eigenvalue weighted by Gasteiger charge is -2.13. The van der Waals surface area contributed by atoms with E-state index in [2.05, 4.69) is 10.6 Å². The Morgan fingerprint density at radius 1 is 1.23 bits per heavy atom. The first-order chi connectivity index (χ1) is 6.33. The zero-order chi connectivity index (χ0) is 9.68. The van der Waals surface area contributed by atoms with Gasteiger partial charge in [-0.05, 0) is 19.1 Å². The molecule has 0 heterocycles. The van der Waals surface area contributed by atoms with E-state index in [9.17, 15) is 0 Å². The molecule has 3 heteroatoms. The lowest BCUT2D eigenvalue weighted by atomic mass is 10.2. The molecule has 1 rings (SSSR count). The van der Waals surface area contributed by atoms with Crippen molar-refractivity contribution in [1.29, 1.82) is 0 Å². The molecule has 13 heavy (non-hydrogen) atoms. The summed E-state index contributed by atoms with van der Waals surface area (Å²) < 4.78 is 5.47. The minimum Gasteiger partial charge on any atom is -0.492 e. The van der Waals surface area contributed by atoms with Gasteiger partial charge in [0.2, 0.25) is 0 Å². The first-order valence-corrected chi connectivity index (χ1v) is 4.44. The normalized spacial score (nSPS) is 9.46. The molecule has 2 N–H and O–H groups in total. The van der Waals surface area contributed by atoms with Crippen LogP contribution >= 0.6 is 0 Å². The SMILES string of the molecule is CCOc1cccc(NC)c1NC. The summed E-state index contributed by atoms with van der Waals surface area (Å²) in [6.45, 7) is 2.66. The Kier molecular flexibility index (Phi) is 3.43. The van der Waals surface area contributed by atoms with Crippen LogP contribution in [0, 0.1) is 0 Å². The van der Waals surface area contributed by atoms with E-state index in [-0.39, 0.29) is 0 Å². The molecule has 0 unspecified atom stereocenters. The van der Waals surface area contributed by atoms with E-state index in [1.165, 1.54) is 0 Å². The van der Waals surface area contributed by atoms with Gasteiger partial charge in [0.15, 0.2) is 0 Å². The number of para-hydroxylation sites is 1. The number of rotatable bonds is 4. The van der Waals surface area contributed by atoms with E-state index < -0.39 is 0 Å². The Morgan fingerprint density at radius 3 is 2.54 bits per heavy atom. The highest BCUT2D eigenvalue weighted by Crippen LogP contribution is 2.31. The fourth-order valence-corrected chi connectivity index (χ4v) is 1.27. The maximum Gasteiger partial charge on any atom is 0.144 e. The molecule has 0 aliphatic carbocycles. The molecule has 0 bridgehead atoms. The molecule has 1 aromatic carbocycles. The summed E-state index contributed by atoms with van der Waals surface area (Å²) in [7, 11) is 3.78. The van der Waals surface area contributed by atoms with Crippen LogP contribution in [-0.2, 0) is 0 Å². The topological polar surface area (TPSA) is 33.3 Å². The van der Waals surface area contributed by atoms with E-state index in [4.69, 9.17) is 4.74 Å². The van der Waals surface area contributed by atoms with Gasteiger partial charge >= 0.3 is 0 Å². The summed E-state index contributed by atoms with van der Waals surface area (Å²) in [6, 6.07) is 5.93. The second kappa shape index (κ2) is 4.60. The van der Waals surface area contributed by atoms with Crippen molar-refractivity contribution in [2.45, 2.75) is 6.92 Å². The molecule has 0 atom stereocenters. The van der Waals surface area contributed by atoms with Crippen LogP contribution in [0.5, 0.6) is 5.75 Å². The third-order valence-corrected chi connectivity index (χ3v) is 1.85. The molecule has 0 amide bonds. The number of hydrogen-bond acceptors (Lipinski definition) is 3. The van der Waals surface area contributed by atoms with Crippen LogP contribution in [0.2, 0.25) is 0 Å². The van der Waals surface area contributed by atoms with Crippen molar-refractivity contribution in [2.75, 3.05) is 31.3 Å². The van der Waals surface area contributed by atoms with E-state index in [0.29, 0.717) is 6.61 Å². The summed E-state index contributed by atoms with van der Waals surface area (Å²) in [5, 5.41) is 6.22. The van der Waals surface area contributed by atoms with Gasteiger partial charge in [0.1, 0.15) is 11.4 Å². The predicted molar refractivity (Wildman–Crippen MR) is 56.7 cm³/mol. The van der Waals surface area contributed by atoms with Crippen molar-refractivity contribution >= 4 is 11.4 Å². The van der Waals surface area contributed by atoms with Crippen LogP contribution in [0.4, 0.5) is 11.4 Å². The Balaban J connectivity index is 3.03. The monoisotopic (exact) mass is 180 g/mol. The molecule has 0 aliphatic heterocycles. The van der Waals surface area contributed by atoms with Gasteiger partial charge in [0.05, 0.1) is 12.3 Å². The van der Waals surface area contributed by atoms with Crippen LogP contribution in [0.1, 0.15) is 6.92 Å². The fraction of sp³-hybridized carbons (Fsp3) is 0.400. The minimum atomic E-state index is 0.682. The molecule has 0 aliphatic rings. The zero-order valence-corrected chi connectivity index (χ0v) is 8.35. The summed E-state index contributed by atoms with van der Waals surface area (Å²) in [6.07, 6.45) is 0. The van der Waals surface area contributed by atoms with Gasteiger partial charge in [0, 0.05) is 14.1 Å². The summed E-state index contributed by atoms with van der Waals surface area (Å²) in [5.74, 6) is 0.886. The largest absolute Gasteiger partial charge is 0.492 e. The van der Waals surface area contributed by atoms with Crippen LogP contribution in [0.15, 0.2) is 18.2 Å². The highest BCUT2D eigenvalue weighted by molar-refractivity contribution is 5.75. The third kappa shape index (κ3) is 2.05. The molecule has 0 aromatic heterocycles. The van der Waals surface area contributed by atoms with Gasteiger partial charge < -0.3 is 15.4 Å². The van der Waals surface area contributed by atoms with Gasteiger partial charge in [-0.25, -0.2) is 0 Å². The average Bonchev–Trinajstić information content (AvgIpc) is 2.18. The fourth-order valence-electron chi connectivity index (χ4n) is 1.27. The van der Waals surface area contributed by atoms with Crippen molar-refractivity contribution in [3.63, 3.8) is 0 Å². The molecule has 1 aromatic rings. The van der Waals surface area contributed by atoms with Gasteiger partial charge in [-0.2, -0.15) is 0 Å². The number of benzene rings is 1. The number of ether oxygens (including phenoxy) is 1. The standard InChI is InChI=1S/C10H16N2O/c1-4-13-9-7-5-6-8(11-2)10(9)12-3/h5-7,11-12H,4H2,1-3H3. The highest BCUT2D eigenvalue weighted by Gasteiger charge is 2.05. The van der Waals surface area contributed by atoms with E-state index in [1.807, 2.05) is 39.2 Å². The quantitative estimate of drug-likeness (QED) is 0.745. The highest BCUT2D eigenvalue weighted by atomic mass is 16.5.